The van der Waals surface area contributed by atoms with Gasteiger partial charge in [-0.25, -0.2) is 0 Å². The predicted molar refractivity (Wildman–Crippen MR) is 85.8 cm³/mol. The van der Waals surface area contributed by atoms with E-state index in [2.05, 4.69) is 16.5 Å². The van der Waals surface area contributed by atoms with Crippen LogP contribution in [0.3, 0.4) is 0 Å². The number of benzene rings is 1. The summed E-state index contributed by atoms with van der Waals surface area (Å²) in [4.78, 5) is 3.32. The van der Waals surface area contributed by atoms with E-state index >= 15 is 0 Å². The Morgan fingerprint density at radius 2 is 2.20 bits per heavy atom. The molecule has 4 heteroatoms. The molecule has 4 atom stereocenters. The Bertz CT molecular complexity index is 717. The van der Waals surface area contributed by atoms with E-state index in [1.54, 1.807) is 0 Å². The molecule has 0 spiro atoms. The highest BCUT2D eigenvalue weighted by molar-refractivity contribution is 7.71. The van der Waals surface area contributed by atoms with Gasteiger partial charge in [-0.05, 0) is 74.4 Å². The number of imidazole rings is 1. The first kappa shape index (κ1) is 12.9. The lowest BCUT2D eigenvalue weighted by molar-refractivity contribution is 0.245. The van der Waals surface area contributed by atoms with Gasteiger partial charge >= 0.3 is 0 Å². The SMILES string of the molecule is CC(C1CC2CCC1C2)n1c(=S)[nH]c2ccc(Cl)cc21. The Balaban J connectivity index is 1.79. The van der Waals surface area contributed by atoms with Crippen LogP contribution >= 0.6 is 23.8 Å². The lowest BCUT2D eigenvalue weighted by Crippen LogP contribution is -2.22. The van der Waals surface area contributed by atoms with E-state index in [0.717, 1.165) is 38.6 Å². The Labute approximate surface area is 129 Å². The molecule has 2 saturated carbocycles. The van der Waals surface area contributed by atoms with Crippen molar-refractivity contribution in [1.82, 2.24) is 9.55 Å². The first-order valence-electron chi connectivity index (χ1n) is 7.53. The number of hydrogen-bond donors (Lipinski definition) is 1. The number of aromatic nitrogens is 2. The third kappa shape index (κ3) is 1.86. The molecular formula is C16H19ClN2S. The van der Waals surface area contributed by atoms with Gasteiger partial charge in [-0.2, -0.15) is 0 Å². The fourth-order valence-corrected chi connectivity index (χ4v) is 5.12. The maximum Gasteiger partial charge on any atom is 0.178 e. The lowest BCUT2D eigenvalue weighted by Gasteiger charge is -2.29. The van der Waals surface area contributed by atoms with Gasteiger partial charge in [0.15, 0.2) is 4.77 Å². The number of fused-ring (bicyclic) bond motifs is 3. The van der Waals surface area contributed by atoms with Crippen LogP contribution in [0.5, 0.6) is 0 Å². The van der Waals surface area contributed by atoms with Gasteiger partial charge in [0.2, 0.25) is 0 Å². The van der Waals surface area contributed by atoms with Crippen LogP contribution in [0.25, 0.3) is 11.0 Å². The molecule has 2 aromatic rings. The number of H-pyrrole nitrogens is 1. The van der Waals surface area contributed by atoms with E-state index in [1.165, 1.54) is 25.7 Å². The summed E-state index contributed by atoms with van der Waals surface area (Å²) in [6, 6.07) is 6.44. The normalized spacial score (nSPS) is 30.2. The maximum absolute atomic E-state index is 6.17. The van der Waals surface area contributed by atoms with Crippen molar-refractivity contribution in [3.05, 3.63) is 28.0 Å². The molecular weight excluding hydrogens is 288 g/mol. The molecule has 0 amide bonds. The zero-order valence-corrected chi connectivity index (χ0v) is 13.2. The highest BCUT2D eigenvalue weighted by atomic mass is 35.5. The van der Waals surface area contributed by atoms with Crippen molar-refractivity contribution >= 4 is 34.9 Å². The molecule has 1 aromatic carbocycles. The summed E-state index contributed by atoms with van der Waals surface area (Å²) in [5.74, 6) is 2.65. The minimum atomic E-state index is 0.463. The first-order valence-corrected chi connectivity index (χ1v) is 8.32. The molecule has 2 aliphatic carbocycles. The standard InChI is InChI=1S/C16H19ClN2S/c1-9(13-7-10-2-3-11(13)6-10)19-15-8-12(17)4-5-14(15)18-16(19)20/h4-5,8-11,13H,2-3,6-7H2,1H3,(H,18,20). The molecule has 1 heterocycles. The number of nitrogens with zero attached hydrogens (tertiary/aromatic N) is 1. The second kappa shape index (κ2) is 4.60. The monoisotopic (exact) mass is 306 g/mol. The van der Waals surface area contributed by atoms with Crippen LogP contribution in [0.1, 0.15) is 38.6 Å². The molecule has 4 unspecified atom stereocenters. The molecule has 106 valence electrons. The first-order chi connectivity index (χ1) is 9.63. The third-order valence-corrected chi connectivity index (χ3v) is 6.03. The quantitative estimate of drug-likeness (QED) is 0.742. The van der Waals surface area contributed by atoms with Gasteiger partial charge in [0.05, 0.1) is 11.0 Å². The van der Waals surface area contributed by atoms with E-state index in [9.17, 15) is 0 Å². The fourth-order valence-electron chi connectivity index (χ4n) is 4.58. The molecule has 0 saturated heterocycles. The van der Waals surface area contributed by atoms with E-state index in [0.29, 0.717) is 6.04 Å². The van der Waals surface area contributed by atoms with Crippen molar-refractivity contribution in [1.29, 1.82) is 0 Å². The van der Waals surface area contributed by atoms with Crippen molar-refractivity contribution in [2.45, 2.75) is 38.6 Å². The van der Waals surface area contributed by atoms with Crippen molar-refractivity contribution in [3.8, 4) is 0 Å². The highest BCUT2D eigenvalue weighted by Gasteiger charge is 2.42. The van der Waals surface area contributed by atoms with Gasteiger partial charge in [-0.3, -0.25) is 0 Å². The van der Waals surface area contributed by atoms with Gasteiger partial charge < -0.3 is 9.55 Å². The number of halogens is 1. The Kier molecular flexibility index (Phi) is 2.97. The molecule has 1 N–H and O–H groups in total. The number of hydrogen-bond acceptors (Lipinski definition) is 1. The topological polar surface area (TPSA) is 20.7 Å². The minimum Gasteiger partial charge on any atom is -0.331 e. The van der Waals surface area contributed by atoms with Crippen LogP contribution in [-0.4, -0.2) is 9.55 Å². The molecule has 4 rings (SSSR count). The largest absolute Gasteiger partial charge is 0.331 e. The van der Waals surface area contributed by atoms with E-state index in [4.69, 9.17) is 23.8 Å². The van der Waals surface area contributed by atoms with Crippen LogP contribution in [0.4, 0.5) is 0 Å². The molecule has 2 bridgehead atoms. The summed E-state index contributed by atoms with van der Waals surface area (Å²) in [7, 11) is 0. The van der Waals surface area contributed by atoms with Crippen LogP contribution in [0, 0.1) is 22.5 Å². The van der Waals surface area contributed by atoms with Crippen LogP contribution in [-0.2, 0) is 0 Å². The number of rotatable bonds is 2. The van der Waals surface area contributed by atoms with Crippen molar-refractivity contribution in [2.24, 2.45) is 17.8 Å². The average Bonchev–Trinajstić information content (AvgIpc) is 3.10. The smallest absolute Gasteiger partial charge is 0.178 e. The summed E-state index contributed by atoms with van der Waals surface area (Å²) < 4.78 is 3.12. The average molecular weight is 307 g/mol. The fraction of sp³-hybridized carbons (Fsp3) is 0.562. The Morgan fingerprint density at radius 3 is 2.90 bits per heavy atom. The zero-order chi connectivity index (χ0) is 13.9. The molecule has 20 heavy (non-hydrogen) atoms. The van der Waals surface area contributed by atoms with Gasteiger partial charge in [0.25, 0.3) is 0 Å². The number of aromatic amines is 1. The summed E-state index contributed by atoms with van der Waals surface area (Å²) in [6.07, 6.45) is 5.67. The molecule has 2 nitrogen and oxygen atoms in total. The van der Waals surface area contributed by atoms with E-state index in [-0.39, 0.29) is 0 Å². The highest BCUT2D eigenvalue weighted by Crippen LogP contribution is 2.52. The van der Waals surface area contributed by atoms with Gasteiger partial charge in [-0.1, -0.05) is 18.0 Å². The Morgan fingerprint density at radius 1 is 1.35 bits per heavy atom. The molecule has 1 aromatic heterocycles. The van der Waals surface area contributed by atoms with Gasteiger partial charge in [-0.15, -0.1) is 0 Å². The summed E-state index contributed by atoms with van der Waals surface area (Å²) in [6.45, 7) is 2.33. The number of nitrogens with one attached hydrogen (secondary N) is 1. The third-order valence-electron chi connectivity index (χ3n) is 5.50. The molecule has 0 radical (unpaired) electrons. The lowest BCUT2D eigenvalue weighted by atomic mass is 9.84. The van der Waals surface area contributed by atoms with Gasteiger partial charge in [0.1, 0.15) is 0 Å². The van der Waals surface area contributed by atoms with Crippen LogP contribution < -0.4 is 0 Å². The molecule has 0 aliphatic heterocycles. The van der Waals surface area contributed by atoms with Gasteiger partial charge in [0, 0.05) is 11.1 Å². The summed E-state index contributed by atoms with van der Waals surface area (Å²) in [5.41, 5.74) is 2.24. The second-order valence-electron chi connectivity index (χ2n) is 6.54. The summed E-state index contributed by atoms with van der Waals surface area (Å²) in [5, 5.41) is 0.778. The van der Waals surface area contributed by atoms with Crippen LogP contribution in [0.2, 0.25) is 5.02 Å². The van der Waals surface area contributed by atoms with Crippen molar-refractivity contribution < 1.29 is 0 Å². The minimum absolute atomic E-state index is 0.463. The van der Waals surface area contributed by atoms with Crippen molar-refractivity contribution in [2.75, 3.05) is 0 Å². The van der Waals surface area contributed by atoms with Crippen molar-refractivity contribution in [3.63, 3.8) is 0 Å². The van der Waals surface area contributed by atoms with E-state index in [1.807, 2.05) is 18.2 Å². The zero-order valence-electron chi connectivity index (χ0n) is 11.6. The maximum atomic E-state index is 6.17. The molecule has 2 fully saturated rings. The Hall–Kier alpha value is -0.800. The molecule has 2 aliphatic rings. The van der Waals surface area contributed by atoms with E-state index < -0.39 is 0 Å². The van der Waals surface area contributed by atoms with Crippen LogP contribution in [0.15, 0.2) is 18.2 Å². The predicted octanol–water partition coefficient (Wildman–Crippen LogP) is 5.35. The second-order valence-corrected chi connectivity index (χ2v) is 7.36. The summed E-state index contributed by atoms with van der Waals surface area (Å²) >= 11 is 11.7.